The standard InChI is InChI=1S/C26H31BrO2/c1-25-10-8-20(28)15-18(25)6-7-21-22(25)9-11-26(2)23(21)14-17(24(26)29)12-16-4-3-5-19(27)13-16/h3-6,12-13,20-23,28H,7-11,14-15H2,1-2H3/b17-12+. The fourth-order valence-electron chi connectivity index (χ4n) is 7.24. The van der Waals surface area contributed by atoms with Gasteiger partial charge in [0.25, 0.3) is 0 Å². The maximum absolute atomic E-state index is 13.5. The normalized spacial score (nSPS) is 42.8. The van der Waals surface area contributed by atoms with Crippen molar-refractivity contribution >= 4 is 27.8 Å². The molecule has 29 heavy (non-hydrogen) atoms. The molecule has 4 aliphatic carbocycles. The summed E-state index contributed by atoms with van der Waals surface area (Å²) in [5, 5.41) is 10.2. The van der Waals surface area contributed by atoms with Crippen LogP contribution in [0.15, 0.2) is 46.0 Å². The van der Waals surface area contributed by atoms with Gasteiger partial charge in [-0.1, -0.05) is 53.6 Å². The van der Waals surface area contributed by atoms with Crippen molar-refractivity contribution < 1.29 is 9.90 Å². The van der Waals surface area contributed by atoms with Gasteiger partial charge in [-0.15, -0.1) is 0 Å². The molecule has 0 heterocycles. The van der Waals surface area contributed by atoms with Crippen LogP contribution in [0, 0.1) is 28.6 Å². The average Bonchev–Trinajstić information content (AvgIpc) is 2.93. The van der Waals surface area contributed by atoms with Crippen molar-refractivity contribution in [1.29, 1.82) is 0 Å². The van der Waals surface area contributed by atoms with E-state index in [4.69, 9.17) is 0 Å². The number of aliphatic hydroxyl groups excluding tert-OH is 1. The van der Waals surface area contributed by atoms with Crippen LogP contribution in [0.5, 0.6) is 0 Å². The van der Waals surface area contributed by atoms with Crippen LogP contribution in [-0.4, -0.2) is 17.0 Å². The van der Waals surface area contributed by atoms with Crippen molar-refractivity contribution in [2.75, 3.05) is 0 Å². The van der Waals surface area contributed by atoms with E-state index in [9.17, 15) is 9.90 Å². The summed E-state index contributed by atoms with van der Waals surface area (Å²) in [5.41, 5.74) is 3.66. The Labute approximate surface area is 182 Å². The molecule has 0 saturated heterocycles. The molecule has 1 N–H and O–H groups in total. The monoisotopic (exact) mass is 454 g/mol. The van der Waals surface area contributed by atoms with Crippen molar-refractivity contribution in [1.82, 2.24) is 0 Å². The molecule has 3 fully saturated rings. The lowest BCUT2D eigenvalue weighted by molar-refractivity contribution is -0.130. The highest BCUT2D eigenvalue weighted by atomic mass is 79.9. The Balaban J connectivity index is 1.48. The average molecular weight is 455 g/mol. The molecule has 6 unspecified atom stereocenters. The first kappa shape index (κ1) is 19.8. The van der Waals surface area contributed by atoms with Crippen LogP contribution in [0.4, 0.5) is 0 Å². The zero-order chi connectivity index (χ0) is 20.4. The molecule has 6 atom stereocenters. The van der Waals surface area contributed by atoms with E-state index in [1.807, 2.05) is 12.1 Å². The maximum Gasteiger partial charge on any atom is 0.165 e. The molecule has 0 radical (unpaired) electrons. The molecule has 0 aliphatic heterocycles. The molecule has 3 saturated carbocycles. The highest BCUT2D eigenvalue weighted by molar-refractivity contribution is 9.10. The fourth-order valence-corrected chi connectivity index (χ4v) is 7.66. The van der Waals surface area contributed by atoms with Gasteiger partial charge >= 0.3 is 0 Å². The van der Waals surface area contributed by atoms with Crippen LogP contribution < -0.4 is 0 Å². The minimum Gasteiger partial charge on any atom is -0.393 e. The number of Topliss-reactive ketones (excluding diaryl/α,β-unsaturated/α-hetero) is 1. The number of hydrogen-bond donors (Lipinski definition) is 1. The molecule has 1 aromatic carbocycles. The van der Waals surface area contributed by atoms with Crippen molar-refractivity contribution in [2.24, 2.45) is 28.6 Å². The first-order valence-corrected chi connectivity index (χ1v) is 12.0. The second kappa shape index (κ2) is 6.92. The molecular weight excluding hydrogens is 424 g/mol. The van der Waals surface area contributed by atoms with Crippen LogP contribution >= 0.6 is 15.9 Å². The van der Waals surface area contributed by atoms with Crippen LogP contribution in [0.2, 0.25) is 0 Å². The third-order valence-electron chi connectivity index (χ3n) is 8.91. The van der Waals surface area contributed by atoms with Gasteiger partial charge in [0.2, 0.25) is 0 Å². The maximum atomic E-state index is 13.5. The van der Waals surface area contributed by atoms with Crippen LogP contribution in [0.25, 0.3) is 6.08 Å². The zero-order valence-corrected chi connectivity index (χ0v) is 19.0. The van der Waals surface area contributed by atoms with E-state index < -0.39 is 0 Å². The highest BCUT2D eigenvalue weighted by Gasteiger charge is 2.59. The van der Waals surface area contributed by atoms with Gasteiger partial charge in [-0.2, -0.15) is 0 Å². The third kappa shape index (κ3) is 3.03. The van der Waals surface area contributed by atoms with E-state index in [0.29, 0.717) is 23.5 Å². The molecular formula is C26H31BrO2. The second-order valence-electron chi connectivity index (χ2n) is 10.4. The molecule has 1 aromatic rings. The van der Waals surface area contributed by atoms with Gasteiger partial charge in [0, 0.05) is 9.89 Å². The smallest absolute Gasteiger partial charge is 0.165 e. The minimum atomic E-state index is -0.200. The first-order valence-electron chi connectivity index (χ1n) is 11.2. The van der Waals surface area contributed by atoms with Crippen LogP contribution in [0.1, 0.15) is 64.4 Å². The van der Waals surface area contributed by atoms with Crippen molar-refractivity contribution in [3.63, 3.8) is 0 Å². The van der Waals surface area contributed by atoms with Crippen molar-refractivity contribution in [3.8, 4) is 0 Å². The number of benzene rings is 1. The number of carbonyl (C=O) groups excluding carboxylic acids is 1. The number of carbonyl (C=O) groups is 1. The molecule has 154 valence electrons. The van der Waals surface area contributed by atoms with Gasteiger partial charge in [0.15, 0.2) is 5.78 Å². The number of halogens is 1. The summed E-state index contributed by atoms with van der Waals surface area (Å²) in [5.74, 6) is 2.09. The van der Waals surface area contributed by atoms with Crippen molar-refractivity contribution in [2.45, 2.75) is 64.9 Å². The van der Waals surface area contributed by atoms with Crippen LogP contribution in [-0.2, 0) is 4.79 Å². The Kier molecular flexibility index (Phi) is 4.71. The Bertz CT molecular complexity index is 915. The van der Waals surface area contributed by atoms with Gasteiger partial charge in [-0.05, 0) is 97.5 Å². The summed E-state index contributed by atoms with van der Waals surface area (Å²) in [6.07, 6.45) is 11.5. The Hall–Kier alpha value is -1.19. The topological polar surface area (TPSA) is 37.3 Å². The van der Waals surface area contributed by atoms with E-state index in [-0.39, 0.29) is 16.9 Å². The van der Waals surface area contributed by atoms with Gasteiger partial charge in [-0.3, -0.25) is 4.79 Å². The van der Waals surface area contributed by atoms with Crippen molar-refractivity contribution in [3.05, 3.63) is 51.5 Å². The predicted molar refractivity (Wildman–Crippen MR) is 120 cm³/mol. The Morgan fingerprint density at radius 2 is 1.90 bits per heavy atom. The van der Waals surface area contributed by atoms with E-state index in [1.165, 1.54) is 5.57 Å². The third-order valence-corrected chi connectivity index (χ3v) is 9.40. The minimum absolute atomic E-state index is 0.160. The molecule has 0 spiro atoms. The second-order valence-corrected chi connectivity index (χ2v) is 11.3. The Morgan fingerprint density at radius 3 is 2.69 bits per heavy atom. The Morgan fingerprint density at radius 1 is 1.10 bits per heavy atom. The zero-order valence-electron chi connectivity index (χ0n) is 17.5. The molecule has 2 nitrogen and oxygen atoms in total. The summed E-state index contributed by atoms with van der Waals surface area (Å²) in [4.78, 5) is 13.5. The molecule has 5 rings (SSSR count). The molecule has 0 amide bonds. The van der Waals surface area contributed by atoms with Gasteiger partial charge in [0.05, 0.1) is 6.10 Å². The highest BCUT2D eigenvalue weighted by Crippen LogP contribution is 2.64. The lowest BCUT2D eigenvalue weighted by atomic mass is 9.48. The van der Waals surface area contributed by atoms with E-state index in [0.717, 1.165) is 60.6 Å². The summed E-state index contributed by atoms with van der Waals surface area (Å²) in [6, 6.07) is 8.24. The van der Waals surface area contributed by atoms with Crippen LogP contribution in [0.3, 0.4) is 0 Å². The van der Waals surface area contributed by atoms with Gasteiger partial charge in [-0.25, -0.2) is 0 Å². The number of ketones is 1. The lowest BCUT2D eigenvalue weighted by Crippen LogP contribution is -2.50. The largest absolute Gasteiger partial charge is 0.393 e. The SMILES string of the molecule is CC12CCC3C(CC=C4CC(O)CCC43C)C1C/C(=C\c1cccc(Br)c1)C2=O. The number of allylic oxidation sites excluding steroid dienone is 2. The molecule has 4 aliphatic rings. The molecule has 0 bridgehead atoms. The number of hydrogen-bond acceptors (Lipinski definition) is 2. The van der Waals surface area contributed by atoms with Gasteiger partial charge in [0.1, 0.15) is 0 Å². The summed E-state index contributed by atoms with van der Waals surface area (Å²) in [6.45, 7) is 4.68. The molecule has 3 heteroatoms. The summed E-state index contributed by atoms with van der Waals surface area (Å²) in [7, 11) is 0. The van der Waals surface area contributed by atoms with E-state index in [1.54, 1.807) is 0 Å². The number of rotatable bonds is 1. The summed E-state index contributed by atoms with van der Waals surface area (Å²) >= 11 is 3.55. The molecule has 0 aromatic heterocycles. The number of fused-ring (bicyclic) bond motifs is 5. The van der Waals surface area contributed by atoms with E-state index in [2.05, 4.69) is 54.1 Å². The summed E-state index contributed by atoms with van der Waals surface area (Å²) < 4.78 is 1.05. The van der Waals surface area contributed by atoms with E-state index >= 15 is 0 Å². The van der Waals surface area contributed by atoms with Gasteiger partial charge < -0.3 is 5.11 Å². The number of aliphatic hydroxyl groups is 1. The predicted octanol–water partition coefficient (Wildman–Crippen LogP) is 6.34. The first-order chi connectivity index (χ1) is 13.8. The lowest BCUT2D eigenvalue weighted by Gasteiger charge is -2.56. The fraction of sp³-hybridized carbons (Fsp3) is 0.577. The quantitative estimate of drug-likeness (QED) is 0.397.